The number of alkyl halides is 3. The van der Waals surface area contributed by atoms with Crippen LogP contribution in [0.2, 0.25) is 0 Å². The molecule has 24 heavy (non-hydrogen) atoms. The molecule has 1 heterocycles. The van der Waals surface area contributed by atoms with Crippen LogP contribution in [0.15, 0.2) is 67.0 Å². The van der Waals surface area contributed by atoms with Gasteiger partial charge in [-0.1, -0.05) is 89.4 Å². The van der Waals surface area contributed by atoms with Gasteiger partial charge in [0.05, 0.1) is 5.56 Å². The topological polar surface area (TPSA) is 28.7 Å². The maximum atomic E-state index is 9.35. The lowest BCUT2D eigenvalue weighted by molar-refractivity contribution is 1.27. The van der Waals surface area contributed by atoms with Crippen molar-refractivity contribution < 1.29 is 0 Å². The first kappa shape index (κ1) is 17.3. The lowest BCUT2D eigenvalue weighted by Crippen LogP contribution is -1.97. The minimum atomic E-state index is -1.49. The van der Waals surface area contributed by atoms with Crippen LogP contribution in [-0.4, -0.2) is 7.10 Å². The van der Waals surface area contributed by atoms with Gasteiger partial charge in [-0.3, -0.25) is 3.97 Å². The van der Waals surface area contributed by atoms with Crippen LogP contribution in [0.1, 0.15) is 5.56 Å². The van der Waals surface area contributed by atoms with E-state index in [1.807, 2.05) is 42.5 Å². The summed E-state index contributed by atoms with van der Waals surface area (Å²) in [6.07, 6.45) is 3.45. The van der Waals surface area contributed by atoms with Gasteiger partial charge < -0.3 is 0 Å². The van der Waals surface area contributed by atoms with Crippen LogP contribution in [0.25, 0.3) is 22.3 Å². The molecular weight excluding hydrogens is 383 g/mol. The molecule has 0 amide bonds. The number of benzene rings is 2. The molecule has 0 aliphatic carbocycles. The molecule has 0 aliphatic rings. The minimum Gasteiger partial charge on any atom is -0.294 e. The first-order chi connectivity index (χ1) is 11.5. The second-order valence-electron chi connectivity index (χ2n) is 5.04. The van der Waals surface area contributed by atoms with E-state index in [9.17, 15) is 5.26 Å². The Balaban J connectivity index is 1.93. The molecule has 0 saturated carbocycles. The highest BCUT2D eigenvalue weighted by Gasteiger charge is 2.23. The van der Waals surface area contributed by atoms with Crippen molar-refractivity contribution in [2.75, 3.05) is 0 Å². The molecule has 0 unspecified atom stereocenters. The molecule has 0 aliphatic heterocycles. The van der Waals surface area contributed by atoms with Gasteiger partial charge in [0.25, 0.3) is 3.12 Å². The second-order valence-corrected chi connectivity index (χ2v) is 9.21. The van der Waals surface area contributed by atoms with E-state index in [-0.39, 0.29) is 0 Å². The zero-order valence-corrected chi connectivity index (χ0v) is 15.4. The summed E-state index contributed by atoms with van der Waals surface area (Å²) in [5, 5.41) is 9.35. The Hall–Kier alpha value is -1.57. The number of halogens is 3. The Morgan fingerprint density at radius 3 is 2.00 bits per heavy atom. The van der Waals surface area contributed by atoms with Crippen LogP contribution in [-0.2, 0) is 0 Å². The van der Waals surface area contributed by atoms with Gasteiger partial charge in [0.15, 0.2) is 0 Å². The summed E-state index contributed by atoms with van der Waals surface area (Å²) in [5.74, 6) is 0. The Kier molecular flexibility index (Phi) is 5.12. The average molecular weight is 394 g/mol. The smallest absolute Gasteiger partial charge is 0.256 e. The molecule has 3 aromatic rings. The van der Waals surface area contributed by atoms with Gasteiger partial charge in [0.2, 0.25) is 0 Å². The van der Waals surface area contributed by atoms with Crippen molar-refractivity contribution in [3.05, 3.63) is 72.6 Å². The second kappa shape index (κ2) is 7.13. The van der Waals surface area contributed by atoms with Gasteiger partial charge in [-0.05, 0) is 16.7 Å². The predicted octanol–water partition coefficient (Wildman–Crippen LogP) is 6.52. The van der Waals surface area contributed by atoms with Crippen molar-refractivity contribution >= 4 is 46.8 Å². The molecule has 2 nitrogen and oxygen atoms in total. The Labute approximate surface area is 159 Å². The maximum absolute atomic E-state index is 9.35. The van der Waals surface area contributed by atoms with E-state index in [1.54, 1.807) is 16.4 Å². The van der Waals surface area contributed by atoms with Gasteiger partial charge in [-0.25, -0.2) is 0 Å². The number of nitriles is 1. The van der Waals surface area contributed by atoms with Crippen molar-refractivity contribution in [2.45, 2.75) is 3.12 Å². The summed E-state index contributed by atoms with van der Waals surface area (Å²) in [6.45, 7) is 0. The molecule has 0 atom stereocenters. The fourth-order valence-corrected chi connectivity index (χ4v) is 3.67. The third-order valence-corrected chi connectivity index (χ3v) is 4.68. The minimum absolute atomic E-state index is 0.532. The number of nitrogens with zero attached hydrogens (tertiary/aromatic N) is 2. The molecule has 0 radical (unpaired) electrons. The summed E-state index contributed by atoms with van der Waals surface area (Å²) < 4.78 is 0.159. The Morgan fingerprint density at radius 2 is 1.42 bits per heavy atom. The lowest BCUT2D eigenvalue weighted by Gasteiger charge is -2.09. The largest absolute Gasteiger partial charge is 0.294 e. The molecule has 3 rings (SSSR count). The zero-order valence-electron chi connectivity index (χ0n) is 12.3. The van der Waals surface area contributed by atoms with Crippen molar-refractivity contribution in [1.82, 2.24) is 3.97 Å². The van der Waals surface area contributed by atoms with E-state index in [0.29, 0.717) is 5.56 Å². The van der Waals surface area contributed by atoms with E-state index in [2.05, 4.69) is 18.2 Å². The van der Waals surface area contributed by atoms with Crippen LogP contribution in [0, 0.1) is 11.3 Å². The summed E-state index contributed by atoms with van der Waals surface area (Å²) >= 11 is 18.4. The number of aromatic nitrogens is 1. The summed E-state index contributed by atoms with van der Waals surface area (Å²) in [5.41, 5.74) is 4.54. The Morgan fingerprint density at radius 1 is 0.833 bits per heavy atom. The first-order valence-corrected chi connectivity index (χ1v) is 8.91. The van der Waals surface area contributed by atoms with E-state index >= 15 is 0 Å². The molecule has 0 N–H and O–H groups in total. The van der Waals surface area contributed by atoms with Gasteiger partial charge in [-0.2, -0.15) is 5.26 Å². The SMILES string of the molecule is N#Cc1cn(SC(Cl)(Cl)Cl)cc1-c1ccc(-c2ccccc2)cc1. The number of hydrogen-bond acceptors (Lipinski definition) is 2. The van der Waals surface area contributed by atoms with Crippen LogP contribution in [0.4, 0.5) is 0 Å². The fourth-order valence-electron chi connectivity index (χ4n) is 2.40. The lowest BCUT2D eigenvalue weighted by atomic mass is 10.0. The van der Waals surface area contributed by atoms with E-state index in [4.69, 9.17) is 34.8 Å². The van der Waals surface area contributed by atoms with E-state index in [1.165, 1.54) is 0 Å². The molecule has 2 aromatic carbocycles. The third-order valence-electron chi connectivity index (χ3n) is 3.44. The van der Waals surface area contributed by atoms with Crippen molar-refractivity contribution in [3.8, 4) is 28.3 Å². The molecule has 0 saturated heterocycles. The van der Waals surface area contributed by atoms with Gasteiger partial charge in [0, 0.05) is 29.9 Å². The zero-order chi connectivity index (χ0) is 17.2. The first-order valence-electron chi connectivity index (χ1n) is 7.00. The van der Waals surface area contributed by atoms with E-state index in [0.717, 1.165) is 34.2 Å². The molecule has 0 bridgehead atoms. The van der Waals surface area contributed by atoms with Crippen LogP contribution >= 0.6 is 46.8 Å². The summed E-state index contributed by atoms with van der Waals surface area (Å²) in [7, 11) is 0. The summed E-state index contributed by atoms with van der Waals surface area (Å²) in [4.78, 5) is 0. The van der Waals surface area contributed by atoms with Crippen molar-refractivity contribution in [3.63, 3.8) is 0 Å². The van der Waals surface area contributed by atoms with Gasteiger partial charge in [-0.15, -0.1) is 0 Å². The average Bonchev–Trinajstić information content (AvgIpc) is 2.97. The monoisotopic (exact) mass is 392 g/mol. The Bertz CT molecular complexity index is 875. The van der Waals surface area contributed by atoms with Crippen LogP contribution in [0.5, 0.6) is 0 Å². The van der Waals surface area contributed by atoms with Gasteiger partial charge in [0.1, 0.15) is 6.07 Å². The standard InChI is InChI=1S/C18H11Cl3N2S/c19-18(20,21)24-23-11-16(10-22)17(12-23)15-8-6-14(7-9-15)13-4-2-1-3-5-13/h1-9,11-12H. The quantitative estimate of drug-likeness (QED) is 0.474. The highest BCUT2D eigenvalue weighted by atomic mass is 35.6. The predicted molar refractivity (Wildman–Crippen MR) is 103 cm³/mol. The fraction of sp³-hybridized carbons (Fsp3) is 0.0556. The third kappa shape index (κ3) is 4.09. The molecule has 120 valence electrons. The summed E-state index contributed by atoms with van der Waals surface area (Å²) in [6, 6.07) is 20.3. The molecule has 0 spiro atoms. The van der Waals surface area contributed by atoms with Crippen molar-refractivity contribution in [1.29, 1.82) is 5.26 Å². The molecule has 6 heteroatoms. The molecular formula is C18H11Cl3N2S. The van der Waals surface area contributed by atoms with E-state index < -0.39 is 3.12 Å². The van der Waals surface area contributed by atoms with Crippen LogP contribution < -0.4 is 0 Å². The highest BCUT2D eigenvalue weighted by Crippen LogP contribution is 2.41. The normalized spacial score (nSPS) is 11.2. The number of rotatable bonds is 3. The molecule has 0 fully saturated rings. The van der Waals surface area contributed by atoms with Gasteiger partial charge >= 0.3 is 0 Å². The highest BCUT2D eigenvalue weighted by molar-refractivity contribution is 8.03. The van der Waals surface area contributed by atoms with Crippen molar-refractivity contribution in [2.24, 2.45) is 0 Å². The maximum Gasteiger partial charge on any atom is 0.256 e. The number of hydrogen-bond donors (Lipinski definition) is 0. The molecule has 1 aromatic heterocycles. The van der Waals surface area contributed by atoms with Crippen LogP contribution in [0.3, 0.4) is 0 Å².